The molecular formula is C10H15N. The Bertz CT molecular complexity index is 221. The molecule has 1 aliphatic rings. The summed E-state index contributed by atoms with van der Waals surface area (Å²) < 4.78 is 0. The highest BCUT2D eigenvalue weighted by atomic mass is 14.8. The summed E-state index contributed by atoms with van der Waals surface area (Å²) in [5.74, 6) is 0. The Morgan fingerprint density at radius 2 is 2.45 bits per heavy atom. The average molecular weight is 149 g/mol. The summed E-state index contributed by atoms with van der Waals surface area (Å²) in [5, 5.41) is 3.23. The van der Waals surface area contributed by atoms with E-state index in [2.05, 4.69) is 24.9 Å². The van der Waals surface area contributed by atoms with Crippen LogP contribution in [0.4, 0.5) is 0 Å². The van der Waals surface area contributed by atoms with Crippen molar-refractivity contribution in [2.75, 3.05) is 6.54 Å². The number of hydrogen-bond donors (Lipinski definition) is 1. The Morgan fingerprint density at radius 1 is 1.73 bits per heavy atom. The van der Waals surface area contributed by atoms with Crippen LogP contribution in [0.1, 0.15) is 20.3 Å². The van der Waals surface area contributed by atoms with Gasteiger partial charge < -0.3 is 5.32 Å². The molecule has 1 heterocycles. The molecule has 1 nitrogen and oxygen atoms in total. The molecular weight excluding hydrogens is 134 g/mol. The molecule has 0 fully saturated rings. The summed E-state index contributed by atoms with van der Waals surface area (Å²) in [5.41, 5.74) is 3.81. The van der Waals surface area contributed by atoms with Gasteiger partial charge in [-0.3, -0.25) is 0 Å². The molecule has 0 spiro atoms. The Hall–Kier alpha value is -0.980. The average Bonchev–Trinajstić information content (AvgIpc) is 2.05. The lowest BCUT2D eigenvalue weighted by atomic mass is 10.0. The van der Waals surface area contributed by atoms with E-state index in [0.717, 1.165) is 18.5 Å². The molecule has 0 saturated heterocycles. The molecule has 1 rings (SSSR count). The summed E-state index contributed by atoms with van der Waals surface area (Å²) in [4.78, 5) is 0. The van der Waals surface area contributed by atoms with E-state index < -0.39 is 0 Å². The van der Waals surface area contributed by atoms with Gasteiger partial charge in [-0.05, 0) is 24.5 Å². The van der Waals surface area contributed by atoms with Crippen molar-refractivity contribution in [2.24, 2.45) is 0 Å². The van der Waals surface area contributed by atoms with E-state index in [-0.39, 0.29) is 0 Å². The third-order valence-corrected chi connectivity index (χ3v) is 1.89. The number of dihydropyridines is 1. The molecule has 1 N–H and O–H groups in total. The molecule has 0 aromatic rings. The summed E-state index contributed by atoms with van der Waals surface area (Å²) in [7, 11) is 0. The van der Waals surface area contributed by atoms with Crippen molar-refractivity contribution >= 4 is 0 Å². The molecule has 0 unspecified atom stereocenters. The molecule has 0 aliphatic carbocycles. The molecule has 1 heteroatoms. The fourth-order valence-electron chi connectivity index (χ4n) is 1.08. The SMILES string of the molecule is C=C(C)C1=CNCC(CC)=C1. The first-order valence-electron chi connectivity index (χ1n) is 4.03. The fourth-order valence-corrected chi connectivity index (χ4v) is 1.08. The minimum atomic E-state index is 0.993. The monoisotopic (exact) mass is 149 g/mol. The Balaban J connectivity index is 2.76. The van der Waals surface area contributed by atoms with Crippen LogP contribution in [-0.2, 0) is 0 Å². The van der Waals surface area contributed by atoms with E-state index in [9.17, 15) is 0 Å². The van der Waals surface area contributed by atoms with Crippen molar-refractivity contribution in [3.8, 4) is 0 Å². The number of allylic oxidation sites excluding steroid dienone is 3. The summed E-state index contributed by atoms with van der Waals surface area (Å²) in [6.45, 7) is 9.09. The topological polar surface area (TPSA) is 12.0 Å². The smallest absolute Gasteiger partial charge is 0.0358 e. The number of hydrogen-bond acceptors (Lipinski definition) is 1. The van der Waals surface area contributed by atoms with E-state index in [1.165, 1.54) is 11.1 Å². The molecule has 1 aliphatic heterocycles. The predicted molar refractivity (Wildman–Crippen MR) is 49.3 cm³/mol. The first-order valence-corrected chi connectivity index (χ1v) is 4.03. The summed E-state index contributed by atoms with van der Waals surface area (Å²) in [6.07, 6.45) is 5.37. The lowest BCUT2D eigenvalue weighted by molar-refractivity contribution is 0.863. The van der Waals surface area contributed by atoms with E-state index in [0.29, 0.717) is 0 Å². The molecule has 0 saturated carbocycles. The van der Waals surface area contributed by atoms with Gasteiger partial charge in [-0.25, -0.2) is 0 Å². The quantitative estimate of drug-likeness (QED) is 0.635. The Kier molecular flexibility index (Phi) is 2.53. The van der Waals surface area contributed by atoms with Crippen LogP contribution in [0.25, 0.3) is 0 Å². The highest BCUT2D eigenvalue weighted by Gasteiger charge is 2.02. The first kappa shape index (κ1) is 8.12. The van der Waals surface area contributed by atoms with Crippen molar-refractivity contribution in [2.45, 2.75) is 20.3 Å². The van der Waals surface area contributed by atoms with Crippen molar-refractivity contribution in [1.82, 2.24) is 5.32 Å². The molecule has 11 heavy (non-hydrogen) atoms. The number of rotatable bonds is 2. The molecule has 0 bridgehead atoms. The highest BCUT2D eigenvalue weighted by Crippen LogP contribution is 2.15. The largest absolute Gasteiger partial charge is 0.387 e. The minimum Gasteiger partial charge on any atom is -0.387 e. The second-order valence-corrected chi connectivity index (χ2v) is 2.92. The third-order valence-electron chi connectivity index (χ3n) is 1.89. The predicted octanol–water partition coefficient (Wildman–Crippen LogP) is 2.39. The zero-order valence-electron chi connectivity index (χ0n) is 7.28. The Morgan fingerprint density at radius 3 is 3.00 bits per heavy atom. The Labute approximate surface area is 68.5 Å². The maximum atomic E-state index is 3.89. The second kappa shape index (κ2) is 3.42. The lowest BCUT2D eigenvalue weighted by Gasteiger charge is -2.13. The molecule has 0 aromatic carbocycles. The molecule has 60 valence electrons. The molecule has 0 radical (unpaired) electrons. The first-order chi connectivity index (χ1) is 5.24. The number of nitrogens with one attached hydrogen (secondary N) is 1. The maximum Gasteiger partial charge on any atom is 0.0358 e. The zero-order chi connectivity index (χ0) is 8.27. The fraction of sp³-hybridized carbons (Fsp3) is 0.400. The van der Waals surface area contributed by atoms with Gasteiger partial charge >= 0.3 is 0 Å². The van der Waals surface area contributed by atoms with Crippen molar-refractivity contribution in [1.29, 1.82) is 0 Å². The van der Waals surface area contributed by atoms with Crippen LogP contribution in [-0.4, -0.2) is 6.54 Å². The van der Waals surface area contributed by atoms with Crippen LogP contribution >= 0.6 is 0 Å². The van der Waals surface area contributed by atoms with Gasteiger partial charge in [0.05, 0.1) is 0 Å². The van der Waals surface area contributed by atoms with Crippen LogP contribution in [0.2, 0.25) is 0 Å². The summed E-state index contributed by atoms with van der Waals surface area (Å²) in [6, 6.07) is 0. The van der Waals surface area contributed by atoms with Crippen LogP contribution < -0.4 is 5.32 Å². The third kappa shape index (κ3) is 1.97. The van der Waals surface area contributed by atoms with Crippen LogP contribution in [0.15, 0.2) is 35.6 Å². The van der Waals surface area contributed by atoms with E-state index in [1.807, 2.05) is 13.1 Å². The highest BCUT2D eigenvalue weighted by molar-refractivity contribution is 5.40. The van der Waals surface area contributed by atoms with E-state index in [1.54, 1.807) is 0 Å². The normalized spacial score (nSPS) is 16.5. The van der Waals surface area contributed by atoms with Gasteiger partial charge in [0.15, 0.2) is 0 Å². The molecule has 0 aromatic heterocycles. The maximum absolute atomic E-state index is 3.89. The van der Waals surface area contributed by atoms with Crippen LogP contribution in [0.5, 0.6) is 0 Å². The van der Waals surface area contributed by atoms with Crippen molar-refractivity contribution < 1.29 is 0 Å². The van der Waals surface area contributed by atoms with Gasteiger partial charge in [-0.15, -0.1) is 0 Å². The zero-order valence-corrected chi connectivity index (χ0v) is 7.28. The standard InChI is InChI=1S/C10H15N/c1-4-9-5-10(8(2)3)7-11-6-9/h5,7,11H,2,4,6H2,1,3H3. The summed E-state index contributed by atoms with van der Waals surface area (Å²) >= 11 is 0. The van der Waals surface area contributed by atoms with Gasteiger partial charge in [0.1, 0.15) is 0 Å². The molecule has 0 atom stereocenters. The minimum absolute atomic E-state index is 0.993. The van der Waals surface area contributed by atoms with Gasteiger partial charge in [-0.1, -0.05) is 25.2 Å². The van der Waals surface area contributed by atoms with E-state index in [4.69, 9.17) is 0 Å². The lowest BCUT2D eigenvalue weighted by Crippen LogP contribution is -2.14. The van der Waals surface area contributed by atoms with Crippen molar-refractivity contribution in [3.63, 3.8) is 0 Å². The van der Waals surface area contributed by atoms with Crippen LogP contribution in [0.3, 0.4) is 0 Å². The molecule has 0 amide bonds. The van der Waals surface area contributed by atoms with Crippen LogP contribution in [0, 0.1) is 0 Å². The second-order valence-electron chi connectivity index (χ2n) is 2.92. The van der Waals surface area contributed by atoms with Gasteiger partial charge in [0.2, 0.25) is 0 Å². The van der Waals surface area contributed by atoms with Gasteiger partial charge in [0, 0.05) is 12.7 Å². The van der Waals surface area contributed by atoms with Crippen molar-refractivity contribution in [3.05, 3.63) is 35.6 Å². The van der Waals surface area contributed by atoms with Gasteiger partial charge in [0.25, 0.3) is 0 Å². The van der Waals surface area contributed by atoms with E-state index >= 15 is 0 Å². The van der Waals surface area contributed by atoms with Gasteiger partial charge in [-0.2, -0.15) is 0 Å².